The van der Waals surface area contributed by atoms with E-state index in [1.165, 1.54) is 45.2 Å². The molecular weight excluding hydrogens is 210 g/mol. The van der Waals surface area contributed by atoms with E-state index in [1.54, 1.807) is 0 Å². The van der Waals surface area contributed by atoms with Crippen LogP contribution in [0, 0.1) is 0 Å². The molecule has 0 spiro atoms. The van der Waals surface area contributed by atoms with Crippen LogP contribution in [0.15, 0.2) is 0 Å². The molecule has 2 aliphatic rings. The van der Waals surface area contributed by atoms with E-state index in [4.69, 9.17) is 0 Å². The minimum Gasteiger partial charge on any atom is -0.320 e. The minimum atomic E-state index is 0.714. The van der Waals surface area contributed by atoms with Crippen molar-refractivity contribution in [3.05, 3.63) is 0 Å². The Bertz CT molecular complexity index is 226. The van der Waals surface area contributed by atoms with E-state index >= 15 is 0 Å². The highest BCUT2D eigenvalue weighted by Gasteiger charge is 2.33. The fourth-order valence-corrected chi connectivity index (χ4v) is 3.48. The van der Waals surface area contributed by atoms with E-state index in [2.05, 4.69) is 36.1 Å². The summed E-state index contributed by atoms with van der Waals surface area (Å²) in [6.45, 7) is 6.08. The van der Waals surface area contributed by atoms with Crippen LogP contribution in [0.4, 0.5) is 0 Å². The highest BCUT2D eigenvalue weighted by Crippen LogP contribution is 2.27. The average molecular weight is 239 g/mol. The molecule has 2 rings (SSSR count). The van der Waals surface area contributed by atoms with Crippen LogP contribution in [0.25, 0.3) is 0 Å². The van der Waals surface area contributed by atoms with Crippen LogP contribution in [-0.4, -0.2) is 61.7 Å². The van der Waals surface area contributed by atoms with Gasteiger partial charge < -0.3 is 5.32 Å². The summed E-state index contributed by atoms with van der Waals surface area (Å²) in [5, 5.41) is 3.29. The van der Waals surface area contributed by atoms with Gasteiger partial charge in [0.25, 0.3) is 0 Å². The quantitative estimate of drug-likeness (QED) is 0.803. The smallest absolute Gasteiger partial charge is 0.0235 e. The molecule has 1 heterocycles. The maximum atomic E-state index is 3.29. The second-order valence-electron chi connectivity index (χ2n) is 5.95. The third-order valence-electron chi connectivity index (χ3n) is 4.78. The van der Waals surface area contributed by atoms with E-state index in [0.29, 0.717) is 6.04 Å². The second kappa shape index (κ2) is 6.17. The molecule has 0 aromatic rings. The Kier molecular flexibility index (Phi) is 4.83. The molecular formula is C14H29N3. The lowest BCUT2D eigenvalue weighted by Gasteiger charge is -2.46. The molecule has 0 radical (unpaired) electrons. The van der Waals surface area contributed by atoms with Crippen LogP contribution >= 0.6 is 0 Å². The molecule has 2 atom stereocenters. The van der Waals surface area contributed by atoms with Crippen molar-refractivity contribution in [1.82, 2.24) is 15.1 Å². The van der Waals surface area contributed by atoms with Gasteiger partial charge in [0.05, 0.1) is 0 Å². The third-order valence-corrected chi connectivity index (χ3v) is 4.78. The fraction of sp³-hybridized carbons (Fsp3) is 1.00. The summed E-state index contributed by atoms with van der Waals surface area (Å²) in [5.74, 6) is 0. The van der Waals surface area contributed by atoms with Gasteiger partial charge in [0.1, 0.15) is 0 Å². The van der Waals surface area contributed by atoms with Gasteiger partial charge in [-0.1, -0.05) is 12.8 Å². The molecule has 2 fully saturated rings. The molecule has 1 aliphatic heterocycles. The first-order valence-electron chi connectivity index (χ1n) is 7.33. The van der Waals surface area contributed by atoms with E-state index < -0.39 is 0 Å². The summed E-state index contributed by atoms with van der Waals surface area (Å²) >= 11 is 0. The predicted octanol–water partition coefficient (Wildman–Crippen LogP) is 1.54. The summed E-state index contributed by atoms with van der Waals surface area (Å²) in [6.07, 6.45) is 7.06. The zero-order valence-electron chi connectivity index (χ0n) is 11.8. The standard InChI is InChI=1S/C14H29N3/c1-12-10-17(13-6-4-5-7-13)11-14(16(12)3)8-9-15-2/h12-15H,4-11H2,1-3H3. The number of rotatable bonds is 4. The van der Waals surface area contributed by atoms with Crippen molar-refractivity contribution in [1.29, 1.82) is 0 Å². The molecule has 0 bridgehead atoms. The Morgan fingerprint density at radius 2 is 1.88 bits per heavy atom. The second-order valence-corrected chi connectivity index (χ2v) is 5.95. The largest absolute Gasteiger partial charge is 0.320 e. The Balaban J connectivity index is 1.91. The minimum absolute atomic E-state index is 0.714. The van der Waals surface area contributed by atoms with Crippen LogP contribution in [0.1, 0.15) is 39.0 Å². The van der Waals surface area contributed by atoms with Gasteiger partial charge in [-0.3, -0.25) is 9.80 Å². The van der Waals surface area contributed by atoms with Crippen molar-refractivity contribution in [2.24, 2.45) is 0 Å². The molecule has 0 aromatic carbocycles. The number of likely N-dealkylation sites (N-methyl/N-ethyl adjacent to an activating group) is 1. The van der Waals surface area contributed by atoms with Gasteiger partial charge in [0.2, 0.25) is 0 Å². The van der Waals surface area contributed by atoms with E-state index in [1.807, 2.05) is 0 Å². The fourth-order valence-electron chi connectivity index (χ4n) is 3.48. The van der Waals surface area contributed by atoms with Crippen molar-refractivity contribution in [3.63, 3.8) is 0 Å². The zero-order chi connectivity index (χ0) is 12.3. The van der Waals surface area contributed by atoms with Crippen LogP contribution in [0.3, 0.4) is 0 Å². The SMILES string of the molecule is CNCCC1CN(C2CCCC2)CC(C)N1C. The topological polar surface area (TPSA) is 18.5 Å². The number of hydrogen-bond acceptors (Lipinski definition) is 3. The maximum Gasteiger partial charge on any atom is 0.0235 e. The van der Waals surface area contributed by atoms with Crippen LogP contribution < -0.4 is 5.32 Å². The zero-order valence-corrected chi connectivity index (χ0v) is 11.8. The van der Waals surface area contributed by atoms with E-state index in [-0.39, 0.29) is 0 Å². The first kappa shape index (κ1) is 13.3. The summed E-state index contributed by atoms with van der Waals surface area (Å²) in [4.78, 5) is 5.36. The Hall–Kier alpha value is -0.120. The summed E-state index contributed by atoms with van der Waals surface area (Å²) in [5.41, 5.74) is 0. The molecule has 1 N–H and O–H groups in total. The Morgan fingerprint density at radius 1 is 1.18 bits per heavy atom. The number of hydrogen-bond donors (Lipinski definition) is 1. The molecule has 17 heavy (non-hydrogen) atoms. The van der Waals surface area contributed by atoms with Gasteiger partial charge >= 0.3 is 0 Å². The lowest BCUT2D eigenvalue weighted by molar-refractivity contribution is 0.0248. The van der Waals surface area contributed by atoms with Gasteiger partial charge in [0.15, 0.2) is 0 Å². The average Bonchev–Trinajstić information content (AvgIpc) is 2.84. The first-order valence-corrected chi connectivity index (χ1v) is 7.33. The van der Waals surface area contributed by atoms with Crippen LogP contribution in [0.5, 0.6) is 0 Å². The summed E-state index contributed by atoms with van der Waals surface area (Å²) < 4.78 is 0. The summed E-state index contributed by atoms with van der Waals surface area (Å²) in [7, 11) is 4.36. The van der Waals surface area contributed by atoms with Crippen molar-refractivity contribution in [2.45, 2.75) is 57.2 Å². The molecule has 3 heteroatoms. The third kappa shape index (κ3) is 3.21. The van der Waals surface area contributed by atoms with Crippen LogP contribution in [-0.2, 0) is 0 Å². The van der Waals surface area contributed by atoms with Crippen molar-refractivity contribution in [2.75, 3.05) is 33.7 Å². The van der Waals surface area contributed by atoms with E-state index in [9.17, 15) is 0 Å². The molecule has 1 aliphatic carbocycles. The van der Waals surface area contributed by atoms with Gasteiger partial charge in [-0.2, -0.15) is 0 Å². The van der Waals surface area contributed by atoms with Crippen molar-refractivity contribution < 1.29 is 0 Å². The molecule has 0 aromatic heterocycles. The van der Waals surface area contributed by atoms with Gasteiger partial charge in [-0.15, -0.1) is 0 Å². The van der Waals surface area contributed by atoms with Gasteiger partial charge in [-0.25, -0.2) is 0 Å². The molecule has 1 saturated heterocycles. The number of nitrogens with one attached hydrogen (secondary N) is 1. The molecule has 1 saturated carbocycles. The van der Waals surface area contributed by atoms with Crippen molar-refractivity contribution in [3.8, 4) is 0 Å². The summed E-state index contributed by atoms with van der Waals surface area (Å²) in [6, 6.07) is 2.35. The number of piperazine rings is 1. The van der Waals surface area contributed by atoms with Crippen LogP contribution in [0.2, 0.25) is 0 Å². The monoisotopic (exact) mass is 239 g/mol. The van der Waals surface area contributed by atoms with Crippen molar-refractivity contribution >= 4 is 0 Å². The normalized spacial score (nSPS) is 33.4. The van der Waals surface area contributed by atoms with E-state index in [0.717, 1.165) is 18.6 Å². The lowest BCUT2D eigenvalue weighted by Crippen LogP contribution is -2.58. The molecule has 100 valence electrons. The van der Waals surface area contributed by atoms with Gasteiger partial charge in [0, 0.05) is 31.2 Å². The number of nitrogens with zero attached hydrogens (tertiary/aromatic N) is 2. The predicted molar refractivity (Wildman–Crippen MR) is 73.4 cm³/mol. The molecule has 3 nitrogen and oxygen atoms in total. The lowest BCUT2D eigenvalue weighted by atomic mass is 10.0. The highest BCUT2D eigenvalue weighted by molar-refractivity contribution is 4.90. The molecule has 0 amide bonds. The maximum absolute atomic E-state index is 3.29. The first-order chi connectivity index (χ1) is 8.22. The highest BCUT2D eigenvalue weighted by atomic mass is 15.3. The Morgan fingerprint density at radius 3 is 2.53 bits per heavy atom. The van der Waals surface area contributed by atoms with Gasteiger partial charge in [-0.05, 0) is 46.8 Å². The Labute approximate surface area is 107 Å². The molecule has 2 unspecified atom stereocenters.